The molecule has 2 aromatic rings. The maximum atomic E-state index is 10.4. The van der Waals surface area contributed by atoms with Gasteiger partial charge in [0.1, 0.15) is 0 Å². The van der Waals surface area contributed by atoms with Crippen molar-refractivity contribution in [2.24, 2.45) is 0 Å². The molecule has 5 heteroatoms. The Labute approximate surface area is 115 Å². The van der Waals surface area contributed by atoms with Crippen LogP contribution >= 0.6 is 12.6 Å². The Kier molecular flexibility index (Phi) is 5.63. The predicted molar refractivity (Wildman–Crippen MR) is 74.1 cm³/mol. The molecule has 0 heterocycles. The molecule has 0 aliphatic heterocycles. The Morgan fingerprint density at radius 2 is 1.32 bits per heavy atom. The van der Waals surface area contributed by atoms with Crippen molar-refractivity contribution in [3.8, 4) is 0 Å². The molecule has 19 heavy (non-hydrogen) atoms. The lowest BCUT2D eigenvalue weighted by molar-refractivity contribution is 0.0684. The van der Waals surface area contributed by atoms with Crippen LogP contribution in [-0.2, 0) is 0 Å². The number of carboxylic acids is 2. The van der Waals surface area contributed by atoms with Crippen LogP contribution in [-0.4, -0.2) is 22.2 Å². The van der Waals surface area contributed by atoms with Crippen LogP contribution in [0.15, 0.2) is 59.5 Å². The minimum atomic E-state index is -0.939. The highest BCUT2D eigenvalue weighted by molar-refractivity contribution is 7.80. The molecule has 0 fully saturated rings. The van der Waals surface area contributed by atoms with Gasteiger partial charge in [-0.3, -0.25) is 0 Å². The Bertz CT molecular complexity index is 567. The van der Waals surface area contributed by atoms with Gasteiger partial charge in [-0.1, -0.05) is 30.3 Å². The first-order valence-corrected chi connectivity index (χ1v) is 5.76. The zero-order chi connectivity index (χ0) is 14.3. The van der Waals surface area contributed by atoms with Crippen molar-refractivity contribution < 1.29 is 19.8 Å². The monoisotopic (exact) mass is 276 g/mol. The van der Waals surface area contributed by atoms with Crippen molar-refractivity contribution >= 4 is 24.6 Å². The number of hydrogen-bond donors (Lipinski definition) is 3. The minimum absolute atomic E-state index is 0.242. The fourth-order valence-electron chi connectivity index (χ4n) is 1.24. The Hall–Kier alpha value is -2.27. The van der Waals surface area contributed by atoms with E-state index in [0.29, 0.717) is 10.5 Å². The second-order valence-electron chi connectivity index (χ2n) is 3.49. The van der Waals surface area contributed by atoms with Gasteiger partial charge in [-0.05, 0) is 24.3 Å². The highest BCUT2D eigenvalue weighted by atomic mass is 32.1. The summed E-state index contributed by atoms with van der Waals surface area (Å²) >= 11 is 3.96. The third-order valence-electron chi connectivity index (χ3n) is 2.16. The number of carboxylic acid groups (broad SMARTS) is 2. The lowest BCUT2D eigenvalue weighted by atomic mass is 10.2. The number of aromatic carboxylic acids is 2. The average Bonchev–Trinajstić information content (AvgIpc) is 2.40. The lowest BCUT2D eigenvalue weighted by Crippen LogP contribution is -1.96. The predicted octanol–water partition coefficient (Wildman–Crippen LogP) is 3.06. The second kappa shape index (κ2) is 7.23. The molecule has 2 aromatic carbocycles. The van der Waals surface area contributed by atoms with Gasteiger partial charge in [0.25, 0.3) is 0 Å². The van der Waals surface area contributed by atoms with E-state index in [9.17, 15) is 9.59 Å². The topological polar surface area (TPSA) is 74.6 Å². The molecule has 98 valence electrons. The maximum absolute atomic E-state index is 10.4. The maximum Gasteiger partial charge on any atom is 0.336 e. The SMILES string of the molecule is O=C(O)c1ccccc1.O=C(O)c1ccccc1S. The molecule has 0 saturated heterocycles. The fraction of sp³-hybridized carbons (Fsp3) is 0. The van der Waals surface area contributed by atoms with E-state index in [-0.39, 0.29) is 5.56 Å². The molecule has 0 amide bonds. The summed E-state index contributed by atoms with van der Waals surface area (Å²) < 4.78 is 0. The van der Waals surface area contributed by atoms with Gasteiger partial charge in [0.15, 0.2) is 0 Å². The van der Waals surface area contributed by atoms with Gasteiger partial charge in [-0.25, -0.2) is 9.59 Å². The van der Waals surface area contributed by atoms with E-state index in [1.54, 1.807) is 48.5 Å². The molecule has 0 aliphatic carbocycles. The molecule has 0 atom stereocenters. The molecule has 0 spiro atoms. The first-order valence-electron chi connectivity index (χ1n) is 5.32. The van der Waals surface area contributed by atoms with Crippen LogP contribution in [0.1, 0.15) is 20.7 Å². The summed E-state index contributed by atoms with van der Waals surface area (Å²) in [6.07, 6.45) is 0. The van der Waals surface area contributed by atoms with Crippen molar-refractivity contribution in [3.05, 3.63) is 65.7 Å². The van der Waals surface area contributed by atoms with E-state index in [1.807, 2.05) is 0 Å². The summed E-state index contributed by atoms with van der Waals surface area (Å²) in [6.45, 7) is 0. The van der Waals surface area contributed by atoms with E-state index in [0.717, 1.165) is 0 Å². The van der Waals surface area contributed by atoms with Gasteiger partial charge >= 0.3 is 11.9 Å². The largest absolute Gasteiger partial charge is 0.478 e. The zero-order valence-corrected chi connectivity index (χ0v) is 10.7. The molecule has 2 rings (SSSR count). The van der Waals surface area contributed by atoms with Gasteiger partial charge in [-0.2, -0.15) is 0 Å². The fourth-order valence-corrected chi connectivity index (χ4v) is 1.49. The van der Waals surface area contributed by atoms with E-state index in [2.05, 4.69) is 12.6 Å². The zero-order valence-electron chi connectivity index (χ0n) is 9.85. The van der Waals surface area contributed by atoms with E-state index in [1.165, 1.54) is 6.07 Å². The number of benzene rings is 2. The standard InChI is InChI=1S/C7H6O2S.C7H6O2/c8-7(9)5-3-1-2-4-6(5)10;8-7(9)6-4-2-1-3-5-6/h1-4,10H,(H,8,9);1-5H,(H,8,9). The molecule has 2 N–H and O–H groups in total. The van der Waals surface area contributed by atoms with Crippen LogP contribution in [0.5, 0.6) is 0 Å². The quantitative estimate of drug-likeness (QED) is 0.737. The highest BCUT2D eigenvalue weighted by Crippen LogP contribution is 2.11. The first-order chi connectivity index (χ1) is 9.02. The van der Waals surface area contributed by atoms with Crippen LogP contribution in [0, 0.1) is 0 Å². The van der Waals surface area contributed by atoms with Crippen molar-refractivity contribution in [3.63, 3.8) is 0 Å². The lowest BCUT2D eigenvalue weighted by Gasteiger charge is -1.95. The van der Waals surface area contributed by atoms with E-state index >= 15 is 0 Å². The van der Waals surface area contributed by atoms with Gasteiger partial charge in [0.05, 0.1) is 11.1 Å². The summed E-state index contributed by atoms with van der Waals surface area (Å²) in [5.41, 5.74) is 0.573. The Morgan fingerprint density at radius 3 is 1.68 bits per heavy atom. The highest BCUT2D eigenvalue weighted by Gasteiger charge is 2.03. The van der Waals surface area contributed by atoms with Gasteiger partial charge in [-0.15, -0.1) is 12.6 Å². The number of rotatable bonds is 2. The summed E-state index contributed by atoms with van der Waals surface area (Å²) in [5.74, 6) is -1.82. The summed E-state index contributed by atoms with van der Waals surface area (Å²) in [6, 6.07) is 14.9. The summed E-state index contributed by atoms with van der Waals surface area (Å²) in [7, 11) is 0. The molecule has 0 saturated carbocycles. The second-order valence-corrected chi connectivity index (χ2v) is 3.98. The number of hydrogen-bond acceptors (Lipinski definition) is 3. The average molecular weight is 276 g/mol. The van der Waals surface area contributed by atoms with E-state index in [4.69, 9.17) is 10.2 Å². The molecule has 0 aromatic heterocycles. The minimum Gasteiger partial charge on any atom is -0.478 e. The van der Waals surface area contributed by atoms with Crippen LogP contribution < -0.4 is 0 Å². The van der Waals surface area contributed by atoms with Crippen molar-refractivity contribution in [2.45, 2.75) is 4.90 Å². The smallest absolute Gasteiger partial charge is 0.336 e. The molecule has 0 unspecified atom stereocenters. The first kappa shape index (κ1) is 14.8. The van der Waals surface area contributed by atoms with Gasteiger partial charge in [0.2, 0.25) is 0 Å². The number of carbonyl (C=O) groups is 2. The van der Waals surface area contributed by atoms with Crippen LogP contribution in [0.2, 0.25) is 0 Å². The van der Waals surface area contributed by atoms with E-state index < -0.39 is 11.9 Å². The summed E-state index contributed by atoms with van der Waals surface area (Å²) in [5, 5.41) is 16.9. The third-order valence-corrected chi connectivity index (χ3v) is 2.55. The molecular weight excluding hydrogens is 264 g/mol. The third kappa shape index (κ3) is 4.85. The van der Waals surface area contributed by atoms with Crippen molar-refractivity contribution in [2.75, 3.05) is 0 Å². The van der Waals surface area contributed by atoms with Crippen LogP contribution in [0.25, 0.3) is 0 Å². The molecule has 0 bridgehead atoms. The van der Waals surface area contributed by atoms with Gasteiger partial charge < -0.3 is 10.2 Å². The van der Waals surface area contributed by atoms with Crippen LogP contribution in [0.4, 0.5) is 0 Å². The Balaban J connectivity index is 0.000000191. The number of thiol groups is 1. The molecular formula is C14H12O4S. The molecule has 0 radical (unpaired) electrons. The molecule has 4 nitrogen and oxygen atoms in total. The van der Waals surface area contributed by atoms with Crippen molar-refractivity contribution in [1.82, 2.24) is 0 Å². The van der Waals surface area contributed by atoms with Crippen molar-refractivity contribution in [1.29, 1.82) is 0 Å². The molecule has 0 aliphatic rings. The normalized spacial score (nSPS) is 9.11. The Morgan fingerprint density at radius 1 is 0.789 bits per heavy atom. The van der Waals surface area contributed by atoms with Crippen LogP contribution in [0.3, 0.4) is 0 Å². The summed E-state index contributed by atoms with van der Waals surface area (Å²) in [4.78, 5) is 21.1. The van der Waals surface area contributed by atoms with Gasteiger partial charge in [0, 0.05) is 4.90 Å².